The Morgan fingerprint density at radius 2 is 1.21 bits per heavy atom. The Morgan fingerprint density at radius 3 is 2.10 bits per heavy atom. The van der Waals surface area contributed by atoms with Gasteiger partial charge in [0, 0.05) is 36.4 Å². The van der Waals surface area contributed by atoms with E-state index in [4.69, 9.17) is 0 Å². The second kappa shape index (κ2) is 7.37. The summed E-state index contributed by atoms with van der Waals surface area (Å²) in [7, 11) is 0. The summed E-state index contributed by atoms with van der Waals surface area (Å²) >= 11 is 1.88. The van der Waals surface area contributed by atoms with Crippen molar-refractivity contribution in [3.05, 3.63) is 126 Å². The molecule has 1 nitrogen and oxygen atoms in total. The Morgan fingerprint density at radius 1 is 0.513 bits per heavy atom. The Labute approximate surface area is 230 Å². The van der Waals surface area contributed by atoms with Crippen LogP contribution in [0.25, 0.3) is 69.6 Å². The summed E-state index contributed by atoms with van der Waals surface area (Å²) in [6, 6.07) is 42.8. The van der Waals surface area contributed by atoms with Gasteiger partial charge >= 0.3 is 0 Å². The Bertz CT molecular complexity index is 2310. The van der Waals surface area contributed by atoms with Gasteiger partial charge in [-0.15, -0.1) is 11.3 Å². The number of fused-ring (bicyclic) bond motifs is 12. The molecule has 0 aliphatic heterocycles. The highest BCUT2D eigenvalue weighted by Crippen LogP contribution is 2.55. The van der Waals surface area contributed by atoms with Gasteiger partial charge in [-0.1, -0.05) is 98.8 Å². The van der Waals surface area contributed by atoms with Crippen molar-refractivity contribution in [2.45, 2.75) is 19.3 Å². The van der Waals surface area contributed by atoms with E-state index in [1.54, 1.807) is 0 Å². The molecule has 0 radical (unpaired) electrons. The highest BCUT2D eigenvalue weighted by molar-refractivity contribution is 7.25. The van der Waals surface area contributed by atoms with E-state index in [2.05, 4.69) is 134 Å². The Hall–Kier alpha value is -4.40. The minimum Gasteiger partial charge on any atom is -0.309 e. The van der Waals surface area contributed by atoms with E-state index in [1.807, 2.05) is 11.3 Å². The van der Waals surface area contributed by atoms with Gasteiger partial charge in [0.05, 0.1) is 16.7 Å². The molecule has 2 heterocycles. The molecular formula is C37H25NS. The first-order valence-electron chi connectivity index (χ1n) is 13.6. The molecule has 0 saturated carbocycles. The van der Waals surface area contributed by atoms with Crippen molar-refractivity contribution in [1.82, 2.24) is 4.57 Å². The van der Waals surface area contributed by atoms with Gasteiger partial charge in [-0.05, 0) is 63.4 Å². The summed E-state index contributed by atoms with van der Waals surface area (Å²) in [6.45, 7) is 4.84. The summed E-state index contributed by atoms with van der Waals surface area (Å²) in [6.07, 6.45) is 0. The summed E-state index contributed by atoms with van der Waals surface area (Å²) in [4.78, 5) is 0. The molecule has 1 aliphatic rings. The molecule has 0 amide bonds. The van der Waals surface area contributed by atoms with Gasteiger partial charge in [0.2, 0.25) is 0 Å². The number of hydrogen-bond donors (Lipinski definition) is 0. The van der Waals surface area contributed by atoms with Crippen molar-refractivity contribution >= 4 is 64.1 Å². The SMILES string of the molecule is CC1(C)c2c(ccc3ccccc23)-c2ccc3c(c21)c1ccccc1n3-c1cccc2sc3ccccc3c12. The van der Waals surface area contributed by atoms with Crippen molar-refractivity contribution in [2.24, 2.45) is 0 Å². The van der Waals surface area contributed by atoms with Crippen molar-refractivity contribution in [3.63, 3.8) is 0 Å². The van der Waals surface area contributed by atoms with E-state index in [9.17, 15) is 0 Å². The number of thiophene rings is 1. The average molecular weight is 516 g/mol. The van der Waals surface area contributed by atoms with Crippen molar-refractivity contribution in [3.8, 4) is 16.8 Å². The van der Waals surface area contributed by atoms with Crippen LogP contribution in [-0.4, -0.2) is 4.57 Å². The van der Waals surface area contributed by atoms with Crippen LogP contribution in [0.4, 0.5) is 0 Å². The number of nitrogens with zero attached hydrogens (tertiary/aromatic N) is 1. The first-order valence-corrected chi connectivity index (χ1v) is 14.4. The molecule has 8 aromatic rings. The Kier molecular flexibility index (Phi) is 4.07. The van der Waals surface area contributed by atoms with Gasteiger partial charge in [-0.3, -0.25) is 0 Å². The standard InChI is InChI=1S/C37H25NS/c1-37(2)35-23-11-4-3-10-22(23)18-19-24(35)25-20-21-30-34(36(25)37)26-12-5-7-14-28(26)38(30)29-15-9-17-32-33(29)27-13-6-8-16-31(27)39-32/h3-21H,1-2H3. The summed E-state index contributed by atoms with van der Waals surface area (Å²) in [5, 5.41) is 8.06. The first kappa shape index (κ1) is 21.5. The Balaban J connectivity index is 1.45. The molecule has 39 heavy (non-hydrogen) atoms. The van der Waals surface area contributed by atoms with Crippen LogP contribution in [0.1, 0.15) is 25.0 Å². The summed E-state index contributed by atoms with van der Waals surface area (Å²) in [5.41, 5.74) is 9.32. The van der Waals surface area contributed by atoms with Crippen LogP contribution in [-0.2, 0) is 5.41 Å². The fourth-order valence-corrected chi connectivity index (χ4v) is 8.56. The third kappa shape index (κ3) is 2.65. The predicted octanol–water partition coefficient (Wildman–Crippen LogP) is 10.6. The van der Waals surface area contributed by atoms with Crippen LogP contribution >= 0.6 is 11.3 Å². The monoisotopic (exact) mass is 515 g/mol. The van der Waals surface area contributed by atoms with Crippen LogP contribution in [0.5, 0.6) is 0 Å². The molecule has 6 aromatic carbocycles. The van der Waals surface area contributed by atoms with Gasteiger partial charge in [-0.2, -0.15) is 0 Å². The zero-order valence-corrected chi connectivity index (χ0v) is 22.6. The third-order valence-electron chi connectivity index (χ3n) is 8.93. The van der Waals surface area contributed by atoms with Gasteiger partial charge in [0.25, 0.3) is 0 Å². The lowest BCUT2D eigenvalue weighted by Crippen LogP contribution is -2.16. The summed E-state index contributed by atoms with van der Waals surface area (Å²) in [5.74, 6) is 0. The number of hydrogen-bond acceptors (Lipinski definition) is 1. The van der Waals surface area contributed by atoms with Crippen LogP contribution in [0, 0.1) is 0 Å². The van der Waals surface area contributed by atoms with Gasteiger partial charge in [0.1, 0.15) is 0 Å². The largest absolute Gasteiger partial charge is 0.309 e. The molecule has 184 valence electrons. The molecule has 0 fully saturated rings. The minimum absolute atomic E-state index is 0.124. The molecule has 9 rings (SSSR count). The third-order valence-corrected chi connectivity index (χ3v) is 10.1. The normalized spacial score (nSPS) is 14.1. The molecule has 2 heteroatoms. The quantitative estimate of drug-likeness (QED) is 0.205. The van der Waals surface area contributed by atoms with Crippen LogP contribution in [0.15, 0.2) is 115 Å². The average Bonchev–Trinajstić information content (AvgIpc) is 3.59. The number of aromatic nitrogens is 1. The number of rotatable bonds is 1. The fraction of sp³-hybridized carbons (Fsp3) is 0.0811. The summed E-state index contributed by atoms with van der Waals surface area (Å²) < 4.78 is 5.19. The lowest BCUT2D eigenvalue weighted by molar-refractivity contribution is 0.672. The maximum atomic E-state index is 2.52. The van der Waals surface area contributed by atoms with Crippen LogP contribution < -0.4 is 0 Å². The highest BCUT2D eigenvalue weighted by atomic mass is 32.1. The maximum absolute atomic E-state index is 2.52. The van der Waals surface area contributed by atoms with Gasteiger partial charge in [-0.25, -0.2) is 0 Å². The molecule has 0 spiro atoms. The molecule has 0 N–H and O–H groups in total. The smallest absolute Gasteiger partial charge is 0.0555 e. The van der Waals surface area contributed by atoms with Gasteiger partial charge < -0.3 is 4.57 Å². The van der Waals surface area contributed by atoms with E-state index in [-0.39, 0.29) is 5.41 Å². The molecular weight excluding hydrogens is 490 g/mol. The molecule has 0 saturated heterocycles. The van der Waals surface area contributed by atoms with Crippen molar-refractivity contribution < 1.29 is 0 Å². The molecule has 1 aliphatic carbocycles. The van der Waals surface area contributed by atoms with Crippen molar-refractivity contribution in [2.75, 3.05) is 0 Å². The van der Waals surface area contributed by atoms with Crippen molar-refractivity contribution in [1.29, 1.82) is 0 Å². The van der Waals surface area contributed by atoms with Crippen LogP contribution in [0.2, 0.25) is 0 Å². The minimum atomic E-state index is -0.124. The van der Waals surface area contributed by atoms with E-state index in [1.165, 1.54) is 80.7 Å². The lowest BCUT2D eigenvalue weighted by atomic mass is 9.78. The second-order valence-electron chi connectivity index (χ2n) is 11.3. The zero-order chi connectivity index (χ0) is 25.9. The molecule has 0 unspecified atom stereocenters. The number of para-hydroxylation sites is 1. The second-order valence-corrected chi connectivity index (χ2v) is 12.4. The predicted molar refractivity (Wildman–Crippen MR) is 169 cm³/mol. The lowest BCUT2D eigenvalue weighted by Gasteiger charge is -2.24. The first-order chi connectivity index (χ1) is 19.1. The number of benzene rings is 6. The zero-order valence-electron chi connectivity index (χ0n) is 21.8. The highest BCUT2D eigenvalue weighted by Gasteiger charge is 2.39. The fourth-order valence-electron chi connectivity index (χ4n) is 7.43. The molecule has 0 bridgehead atoms. The van der Waals surface area contributed by atoms with E-state index in [0.717, 1.165) is 0 Å². The van der Waals surface area contributed by atoms with E-state index < -0.39 is 0 Å². The maximum Gasteiger partial charge on any atom is 0.0555 e. The van der Waals surface area contributed by atoms with Crippen LogP contribution in [0.3, 0.4) is 0 Å². The van der Waals surface area contributed by atoms with Gasteiger partial charge in [0.15, 0.2) is 0 Å². The van der Waals surface area contributed by atoms with E-state index >= 15 is 0 Å². The molecule has 0 atom stereocenters. The molecule has 2 aromatic heterocycles. The topological polar surface area (TPSA) is 4.93 Å². The van der Waals surface area contributed by atoms with E-state index in [0.29, 0.717) is 0 Å².